The summed E-state index contributed by atoms with van der Waals surface area (Å²) in [5.41, 5.74) is 0.913. The number of hydrogen-bond acceptors (Lipinski definition) is 4. The van der Waals surface area contributed by atoms with Gasteiger partial charge in [0.15, 0.2) is 5.82 Å². The van der Waals surface area contributed by atoms with Crippen LogP contribution in [0.1, 0.15) is 49.9 Å². The second-order valence-corrected chi connectivity index (χ2v) is 5.83. The molecule has 2 rings (SSSR count). The lowest BCUT2D eigenvalue weighted by Gasteiger charge is -2.06. The molecule has 22 heavy (non-hydrogen) atoms. The molecule has 0 fully saturated rings. The van der Waals surface area contributed by atoms with E-state index in [4.69, 9.17) is 16.1 Å². The third kappa shape index (κ3) is 4.84. The minimum absolute atomic E-state index is 0.0106. The SMILES string of the molecule is CC(C)c1noc(CCCC(=O)NCc2ccccc2Cl)n1. The molecule has 0 unspecified atom stereocenters. The van der Waals surface area contributed by atoms with Gasteiger partial charge in [0, 0.05) is 30.3 Å². The first-order valence-electron chi connectivity index (χ1n) is 7.39. The van der Waals surface area contributed by atoms with Crippen LogP contribution in [0.3, 0.4) is 0 Å². The van der Waals surface area contributed by atoms with Crippen molar-refractivity contribution in [3.05, 3.63) is 46.6 Å². The van der Waals surface area contributed by atoms with Gasteiger partial charge in [-0.2, -0.15) is 4.98 Å². The zero-order valence-corrected chi connectivity index (χ0v) is 13.6. The van der Waals surface area contributed by atoms with Crippen molar-refractivity contribution >= 4 is 17.5 Å². The van der Waals surface area contributed by atoms with Gasteiger partial charge < -0.3 is 9.84 Å². The third-order valence-electron chi connectivity index (χ3n) is 3.23. The standard InChI is InChI=1S/C16H20ClN3O2/c1-11(2)16-19-15(22-20-16)9-5-8-14(21)18-10-12-6-3-4-7-13(12)17/h3-4,6-7,11H,5,8-10H2,1-2H3,(H,18,21). The van der Waals surface area contributed by atoms with E-state index >= 15 is 0 Å². The van der Waals surface area contributed by atoms with Gasteiger partial charge in [-0.3, -0.25) is 4.79 Å². The maximum atomic E-state index is 11.8. The molecule has 6 heteroatoms. The predicted octanol–water partition coefficient (Wildman–Crippen LogP) is 3.49. The molecule has 1 aromatic heterocycles. The number of nitrogens with zero attached hydrogens (tertiary/aromatic N) is 2. The second kappa shape index (κ2) is 7.94. The molecule has 0 saturated carbocycles. The number of carbonyl (C=O) groups is 1. The molecule has 0 radical (unpaired) electrons. The fourth-order valence-corrected chi connectivity index (χ4v) is 2.13. The van der Waals surface area contributed by atoms with E-state index in [0.717, 1.165) is 5.56 Å². The maximum absolute atomic E-state index is 11.8. The minimum atomic E-state index is -0.0106. The smallest absolute Gasteiger partial charge is 0.226 e. The molecular weight excluding hydrogens is 302 g/mol. The molecule has 0 atom stereocenters. The number of hydrogen-bond donors (Lipinski definition) is 1. The van der Waals surface area contributed by atoms with Crippen LogP contribution in [0.5, 0.6) is 0 Å². The Morgan fingerprint density at radius 1 is 1.36 bits per heavy atom. The summed E-state index contributed by atoms with van der Waals surface area (Å²) in [6, 6.07) is 7.47. The van der Waals surface area contributed by atoms with E-state index in [9.17, 15) is 4.79 Å². The van der Waals surface area contributed by atoms with Gasteiger partial charge in [0.05, 0.1) is 0 Å². The Kier molecular flexibility index (Phi) is 5.95. The number of benzene rings is 1. The molecule has 118 valence electrons. The number of aryl methyl sites for hydroxylation is 1. The first-order valence-corrected chi connectivity index (χ1v) is 7.76. The lowest BCUT2D eigenvalue weighted by Crippen LogP contribution is -2.22. The monoisotopic (exact) mass is 321 g/mol. The van der Waals surface area contributed by atoms with Crippen molar-refractivity contribution in [1.82, 2.24) is 15.5 Å². The lowest BCUT2D eigenvalue weighted by molar-refractivity contribution is -0.121. The van der Waals surface area contributed by atoms with Crippen LogP contribution in [0.2, 0.25) is 5.02 Å². The molecule has 1 aromatic carbocycles. The number of carbonyl (C=O) groups excluding carboxylic acids is 1. The topological polar surface area (TPSA) is 68.0 Å². The maximum Gasteiger partial charge on any atom is 0.226 e. The largest absolute Gasteiger partial charge is 0.352 e. The molecule has 0 aliphatic rings. The summed E-state index contributed by atoms with van der Waals surface area (Å²) < 4.78 is 5.14. The Bertz CT molecular complexity index is 625. The van der Waals surface area contributed by atoms with Crippen LogP contribution >= 0.6 is 11.6 Å². The molecule has 0 saturated heterocycles. The first kappa shape index (κ1) is 16.5. The third-order valence-corrected chi connectivity index (χ3v) is 3.60. The quantitative estimate of drug-likeness (QED) is 0.847. The Balaban J connectivity index is 1.70. The number of nitrogens with one attached hydrogen (secondary N) is 1. The predicted molar refractivity (Wildman–Crippen MR) is 84.6 cm³/mol. The highest BCUT2D eigenvalue weighted by Gasteiger charge is 2.10. The highest BCUT2D eigenvalue weighted by Crippen LogP contribution is 2.14. The van der Waals surface area contributed by atoms with Crippen LogP contribution in [-0.2, 0) is 17.8 Å². The molecule has 1 N–H and O–H groups in total. The summed E-state index contributed by atoms with van der Waals surface area (Å²) >= 11 is 6.04. The van der Waals surface area contributed by atoms with E-state index in [1.807, 2.05) is 38.1 Å². The van der Waals surface area contributed by atoms with Crippen molar-refractivity contribution < 1.29 is 9.32 Å². The first-order chi connectivity index (χ1) is 10.6. The highest BCUT2D eigenvalue weighted by molar-refractivity contribution is 6.31. The average Bonchev–Trinajstić information content (AvgIpc) is 2.95. The van der Waals surface area contributed by atoms with Crippen molar-refractivity contribution in [2.45, 2.75) is 45.6 Å². The molecular formula is C16H20ClN3O2. The van der Waals surface area contributed by atoms with Gasteiger partial charge in [0.25, 0.3) is 0 Å². The van der Waals surface area contributed by atoms with Crippen molar-refractivity contribution in [2.75, 3.05) is 0 Å². The molecule has 0 aliphatic carbocycles. The van der Waals surface area contributed by atoms with Gasteiger partial charge in [0.2, 0.25) is 11.8 Å². The molecule has 0 bridgehead atoms. The fourth-order valence-electron chi connectivity index (χ4n) is 1.93. The number of aromatic nitrogens is 2. The van der Waals surface area contributed by atoms with E-state index < -0.39 is 0 Å². The second-order valence-electron chi connectivity index (χ2n) is 5.42. The number of halogens is 1. The van der Waals surface area contributed by atoms with E-state index in [2.05, 4.69) is 15.5 Å². The van der Waals surface area contributed by atoms with E-state index in [0.29, 0.717) is 42.5 Å². The summed E-state index contributed by atoms with van der Waals surface area (Å²) in [7, 11) is 0. The summed E-state index contributed by atoms with van der Waals surface area (Å²) in [6.45, 7) is 4.46. The van der Waals surface area contributed by atoms with Crippen molar-refractivity contribution in [1.29, 1.82) is 0 Å². The summed E-state index contributed by atoms with van der Waals surface area (Å²) in [4.78, 5) is 16.1. The molecule has 0 spiro atoms. The Morgan fingerprint density at radius 2 is 2.14 bits per heavy atom. The highest BCUT2D eigenvalue weighted by atomic mass is 35.5. The zero-order chi connectivity index (χ0) is 15.9. The average molecular weight is 322 g/mol. The van der Waals surface area contributed by atoms with Gasteiger partial charge in [-0.05, 0) is 18.1 Å². The van der Waals surface area contributed by atoms with Crippen LogP contribution < -0.4 is 5.32 Å². The summed E-state index contributed by atoms with van der Waals surface area (Å²) in [5, 5.41) is 7.42. The fraction of sp³-hybridized carbons (Fsp3) is 0.438. The Hall–Kier alpha value is -1.88. The van der Waals surface area contributed by atoms with E-state index in [1.54, 1.807) is 0 Å². The number of rotatable bonds is 7. The van der Waals surface area contributed by atoms with E-state index in [1.165, 1.54) is 0 Å². The Labute approximate surface area is 135 Å². The number of amides is 1. The lowest BCUT2D eigenvalue weighted by atomic mass is 10.2. The molecule has 1 heterocycles. The Morgan fingerprint density at radius 3 is 2.82 bits per heavy atom. The van der Waals surface area contributed by atoms with Crippen LogP contribution in [0.4, 0.5) is 0 Å². The minimum Gasteiger partial charge on any atom is -0.352 e. The molecule has 5 nitrogen and oxygen atoms in total. The van der Waals surface area contributed by atoms with Crippen molar-refractivity contribution in [3.8, 4) is 0 Å². The van der Waals surface area contributed by atoms with Crippen molar-refractivity contribution in [2.24, 2.45) is 0 Å². The van der Waals surface area contributed by atoms with Crippen LogP contribution in [-0.4, -0.2) is 16.0 Å². The van der Waals surface area contributed by atoms with Crippen LogP contribution in [0.25, 0.3) is 0 Å². The summed E-state index contributed by atoms with van der Waals surface area (Å²) in [5.74, 6) is 1.53. The van der Waals surface area contributed by atoms with Crippen LogP contribution in [0, 0.1) is 0 Å². The van der Waals surface area contributed by atoms with Gasteiger partial charge >= 0.3 is 0 Å². The molecule has 1 amide bonds. The van der Waals surface area contributed by atoms with Crippen LogP contribution in [0.15, 0.2) is 28.8 Å². The van der Waals surface area contributed by atoms with Gasteiger partial charge in [-0.15, -0.1) is 0 Å². The van der Waals surface area contributed by atoms with Gasteiger partial charge in [0.1, 0.15) is 0 Å². The summed E-state index contributed by atoms with van der Waals surface area (Å²) in [6.07, 6.45) is 1.71. The normalized spacial score (nSPS) is 10.9. The molecule has 0 aliphatic heterocycles. The van der Waals surface area contributed by atoms with Crippen molar-refractivity contribution in [3.63, 3.8) is 0 Å². The zero-order valence-electron chi connectivity index (χ0n) is 12.8. The van der Waals surface area contributed by atoms with Gasteiger partial charge in [-0.1, -0.05) is 48.8 Å². The van der Waals surface area contributed by atoms with E-state index in [-0.39, 0.29) is 11.8 Å². The van der Waals surface area contributed by atoms with Gasteiger partial charge in [-0.25, -0.2) is 0 Å². The molecule has 2 aromatic rings.